The molecule has 1 aromatic heterocycles. The highest BCUT2D eigenvalue weighted by molar-refractivity contribution is 5.90. The van der Waals surface area contributed by atoms with Gasteiger partial charge in [0.1, 0.15) is 5.75 Å². The molecule has 2 atom stereocenters. The maximum absolute atomic E-state index is 12.0. The van der Waals surface area contributed by atoms with Gasteiger partial charge in [0.15, 0.2) is 17.9 Å². The first-order chi connectivity index (χ1) is 12.1. The zero-order chi connectivity index (χ0) is 17.4. The predicted molar refractivity (Wildman–Crippen MR) is 93.6 cm³/mol. The number of aliphatic imine (C=N–C) groups is 1. The quantitative estimate of drug-likeness (QED) is 0.795. The van der Waals surface area contributed by atoms with Crippen molar-refractivity contribution in [3.05, 3.63) is 60.4 Å². The van der Waals surface area contributed by atoms with Crippen LogP contribution in [-0.2, 0) is 16.1 Å². The van der Waals surface area contributed by atoms with Crippen LogP contribution in [0.25, 0.3) is 11.0 Å². The Hall–Kier alpha value is -3.15. The number of Topliss-reactive ketones (excluding diaryl/α,β-unsaturated/α-hetero) is 1. The van der Waals surface area contributed by atoms with Crippen molar-refractivity contribution >= 4 is 22.7 Å². The van der Waals surface area contributed by atoms with Gasteiger partial charge in [-0.2, -0.15) is 0 Å². The molecular formula is C19H17N3O3. The van der Waals surface area contributed by atoms with E-state index in [4.69, 9.17) is 4.74 Å². The van der Waals surface area contributed by atoms with Gasteiger partial charge in [0.25, 0.3) is 0 Å². The lowest BCUT2D eigenvalue weighted by Gasteiger charge is -2.16. The lowest BCUT2D eigenvalue weighted by Crippen LogP contribution is -2.21. The number of nitrogens with zero attached hydrogens (tertiary/aromatic N) is 3. The second kappa shape index (κ2) is 6.05. The van der Waals surface area contributed by atoms with E-state index in [-0.39, 0.29) is 11.5 Å². The molecule has 0 spiro atoms. The molecule has 0 saturated carbocycles. The lowest BCUT2D eigenvalue weighted by molar-refractivity contribution is -0.119. The lowest BCUT2D eigenvalue weighted by atomic mass is 10.0. The number of carbonyl (C=O) groups is 1. The highest BCUT2D eigenvalue weighted by atomic mass is 16.5. The Morgan fingerprint density at radius 1 is 1.20 bits per heavy atom. The Labute approximate surface area is 144 Å². The topological polar surface area (TPSA) is 76.7 Å². The third-order valence-corrected chi connectivity index (χ3v) is 4.30. The molecule has 0 amide bonds. The van der Waals surface area contributed by atoms with Crippen LogP contribution in [0.2, 0.25) is 0 Å². The summed E-state index contributed by atoms with van der Waals surface area (Å²) in [5, 5.41) is 9.45. The zero-order valence-corrected chi connectivity index (χ0v) is 13.7. The van der Waals surface area contributed by atoms with Crippen molar-refractivity contribution in [1.82, 2.24) is 9.55 Å². The fourth-order valence-corrected chi connectivity index (χ4v) is 3.04. The van der Waals surface area contributed by atoms with Gasteiger partial charge in [-0.15, -0.1) is 0 Å². The van der Waals surface area contributed by atoms with Crippen LogP contribution in [0.1, 0.15) is 18.6 Å². The van der Waals surface area contributed by atoms with Crippen molar-refractivity contribution in [2.75, 3.05) is 0 Å². The number of aromatic nitrogens is 2. The minimum atomic E-state index is -0.575. The third kappa shape index (κ3) is 2.87. The molecule has 0 saturated heterocycles. The monoisotopic (exact) mass is 335 g/mol. The van der Waals surface area contributed by atoms with Crippen molar-refractivity contribution in [2.24, 2.45) is 4.99 Å². The van der Waals surface area contributed by atoms with E-state index in [2.05, 4.69) is 9.98 Å². The van der Waals surface area contributed by atoms with Crippen molar-refractivity contribution in [2.45, 2.75) is 25.6 Å². The fourth-order valence-electron chi connectivity index (χ4n) is 3.04. The molecule has 2 unspecified atom stereocenters. The van der Waals surface area contributed by atoms with Gasteiger partial charge in [0.05, 0.1) is 23.9 Å². The highest BCUT2D eigenvalue weighted by Gasteiger charge is 2.35. The molecule has 0 radical (unpaired) electrons. The molecule has 25 heavy (non-hydrogen) atoms. The van der Waals surface area contributed by atoms with Crippen molar-refractivity contribution in [1.29, 1.82) is 0 Å². The van der Waals surface area contributed by atoms with Crippen LogP contribution in [0.15, 0.2) is 59.9 Å². The van der Waals surface area contributed by atoms with Gasteiger partial charge in [0, 0.05) is 0 Å². The summed E-state index contributed by atoms with van der Waals surface area (Å²) in [6, 6.07) is 13.9. The summed E-state index contributed by atoms with van der Waals surface area (Å²) >= 11 is 0. The molecule has 4 rings (SSSR count). The Morgan fingerprint density at radius 3 is 2.72 bits per heavy atom. The molecule has 1 aliphatic heterocycles. The number of ketones is 1. The number of fused-ring (bicyclic) bond motifs is 1. The van der Waals surface area contributed by atoms with Crippen molar-refractivity contribution < 1.29 is 14.6 Å². The minimum Gasteiger partial charge on any atom is -0.508 e. The summed E-state index contributed by atoms with van der Waals surface area (Å²) in [6.07, 6.45) is 1.27. The van der Waals surface area contributed by atoms with Crippen LogP contribution >= 0.6 is 0 Å². The van der Waals surface area contributed by atoms with Gasteiger partial charge < -0.3 is 14.4 Å². The number of benzene rings is 2. The molecule has 6 heteroatoms. The Kier molecular flexibility index (Phi) is 3.72. The van der Waals surface area contributed by atoms with E-state index in [1.807, 2.05) is 28.8 Å². The molecule has 2 heterocycles. The summed E-state index contributed by atoms with van der Waals surface area (Å²) in [6.45, 7) is 1.93. The number of hydrogen-bond acceptors (Lipinski definition) is 5. The van der Waals surface area contributed by atoms with Crippen LogP contribution in [0.5, 0.6) is 5.75 Å². The van der Waals surface area contributed by atoms with Gasteiger partial charge in [-0.25, -0.2) is 9.98 Å². The number of ether oxygens (including phenoxy) is 1. The first-order valence-electron chi connectivity index (χ1n) is 8.04. The van der Waals surface area contributed by atoms with Gasteiger partial charge in [0.2, 0.25) is 5.90 Å². The van der Waals surface area contributed by atoms with Gasteiger partial charge >= 0.3 is 0 Å². The average Bonchev–Trinajstić information content (AvgIpc) is 3.21. The summed E-state index contributed by atoms with van der Waals surface area (Å²) in [5.41, 5.74) is 2.70. The van der Waals surface area contributed by atoms with Crippen LogP contribution < -0.4 is 0 Å². The maximum atomic E-state index is 12.0. The number of imidazole rings is 1. The van der Waals surface area contributed by atoms with E-state index >= 15 is 0 Å². The summed E-state index contributed by atoms with van der Waals surface area (Å²) < 4.78 is 7.93. The normalized spacial score (nSPS) is 19.6. The number of aromatic hydroxyl groups is 1. The molecule has 2 aromatic carbocycles. The molecule has 0 fully saturated rings. The maximum Gasteiger partial charge on any atom is 0.205 e. The Balaban J connectivity index is 1.61. The van der Waals surface area contributed by atoms with Crippen LogP contribution in [-0.4, -0.2) is 32.4 Å². The number of rotatable bonds is 4. The number of phenolic OH excluding ortho intramolecular Hbond substituents is 1. The van der Waals surface area contributed by atoms with E-state index in [1.54, 1.807) is 30.6 Å². The fraction of sp³-hybridized carbons (Fsp3) is 0.211. The van der Waals surface area contributed by atoms with E-state index in [9.17, 15) is 9.90 Å². The number of carbonyl (C=O) groups excluding carboxylic acids is 1. The standard InChI is InChI=1S/C19H17N3O3/c1-12(23)18-19(13-6-8-14(24)9-7-13)25-17(21-18)10-22-11-20-15-4-2-3-5-16(15)22/h2-9,11,18-19,24H,10H2,1H3. The van der Waals surface area contributed by atoms with Crippen molar-refractivity contribution in [3.8, 4) is 5.75 Å². The second-order valence-electron chi connectivity index (χ2n) is 6.07. The largest absolute Gasteiger partial charge is 0.508 e. The predicted octanol–water partition coefficient (Wildman–Crippen LogP) is 2.87. The van der Waals surface area contributed by atoms with Crippen LogP contribution in [0.3, 0.4) is 0 Å². The molecular weight excluding hydrogens is 318 g/mol. The molecule has 3 aromatic rings. The summed E-state index contributed by atoms with van der Waals surface area (Å²) in [4.78, 5) is 20.8. The summed E-state index contributed by atoms with van der Waals surface area (Å²) in [5.74, 6) is 0.622. The van der Waals surface area contributed by atoms with E-state index in [1.165, 1.54) is 6.92 Å². The number of hydrogen-bond donors (Lipinski definition) is 1. The Bertz CT molecular complexity index is 959. The van der Waals surface area contributed by atoms with E-state index < -0.39 is 12.1 Å². The van der Waals surface area contributed by atoms with E-state index in [0.29, 0.717) is 12.4 Å². The first kappa shape index (κ1) is 15.4. The summed E-state index contributed by atoms with van der Waals surface area (Å²) in [7, 11) is 0. The minimum absolute atomic E-state index is 0.0523. The van der Waals surface area contributed by atoms with Crippen LogP contribution in [0, 0.1) is 0 Å². The molecule has 1 aliphatic rings. The molecule has 0 bridgehead atoms. The molecule has 126 valence electrons. The molecule has 1 N–H and O–H groups in total. The van der Waals surface area contributed by atoms with Gasteiger partial charge in [-0.3, -0.25) is 4.79 Å². The zero-order valence-electron chi connectivity index (χ0n) is 13.7. The van der Waals surface area contributed by atoms with Crippen molar-refractivity contribution in [3.63, 3.8) is 0 Å². The average molecular weight is 335 g/mol. The number of phenols is 1. The second-order valence-corrected chi connectivity index (χ2v) is 6.07. The van der Waals surface area contributed by atoms with Crippen LogP contribution in [0.4, 0.5) is 0 Å². The van der Waals surface area contributed by atoms with Gasteiger partial charge in [-0.05, 0) is 36.8 Å². The molecule has 0 aliphatic carbocycles. The highest BCUT2D eigenvalue weighted by Crippen LogP contribution is 2.31. The number of para-hydroxylation sites is 2. The SMILES string of the molecule is CC(=O)C1N=C(Cn2cnc3ccccc32)OC1c1ccc(O)cc1. The Morgan fingerprint density at radius 2 is 1.96 bits per heavy atom. The smallest absolute Gasteiger partial charge is 0.205 e. The molecule has 6 nitrogen and oxygen atoms in total. The first-order valence-corrected chi connectivity index (χ1v) is 8.04. The van der Waals surface area contributed by atoms with Gasteiger partial charge in [-0.1, -0.05) is 24.3 Å². The van der Waals surface area contributed by atoms with E-state index in [0.717, 1.165) is 16.6 Å². The third-order valence-electron chi connectivity index (χ3n) is 4.30.